The van der Waals surface area contributed by atoms with Crippen LogP contribution in [0.1, 0.15) is 25.0 Å². The Kier molecular flexibility index (Phi) is 5.72. The van der Waals surface area contributed by atoms with E-state index in [2.05, 4.69) is 60.4 Å². The van der Waals surface area contributed by atoms with E-state index in [0.29, 0.717) is 13.1 Å². The largest absolute Gasteiger partial charge is 0.355 e. The molecule has 1 aromatic heterocycles. The molecule has 28 heavy (non-hydrogen) atoms. The van der Waals surface area contributed by atoms with Gasteiger partial charge in [0.05, 0.1) is 11.9 Å². The van der Waals surface area contributed by atoms with E-state index in [9.17, 15) is 4.79 Å². The van der Waals surface area contributed by atoms with E-state index in [1.54, 1.807) is 22.8 Å². The van der Waals surface area contributed by atoms with Crippen LogP contribution in [0.5, 0.6) is 0 Å². The summed E-state index contributed by atoms with van der Waals surface area (Å²) in [5, 5.41) is 7.64. The van der Waals surface area contributed by atoms with Crippen molar-refractivity contribution in [2.45, 2.75) is 26.2 Å². The lowest BCUT2D eigenvalue weighted by atomic mass is 9.82. The van der Waals surface area contributed by atoms with E-state index in [0.717, 1.165) is 24.7 Å². The number of carbonyl (C=O) groups excluding carboxylic acids is 1. The van der Waals surface area contributed by atoms with Crippen LogP contribution in [-0.2, 0) is 17.3 Å². The van der Waals surface area contributed by atoms with Crippen LogP contribution in [-0.4, -0.2) is 59.8 Å². The van der Waals surface area contributed by atoms with Gasteiger partial charge in [0, 0.05) is 45.3 Å². The zero-order chi connectivity index (χ0) is 20.3. The van der Waals surface area contributed by atoms with Gasteiger partial charge in [-0.05, 0) is 18.1 Å². The van der Waals surface area contributed by atoms with Crippen molar-refractivity contribution in [3.63, 3.8) is 0 Å². The Morgan fingerprint density at radius 1 is 1.29 bits per heavy atom. The molecule has 0 atom stereocenters. The maximum atomic E-state index is 12.7. The number of nitrogens with one attached hydrogen (secondary N) is 1. The maximum Gasteiger partial charge on any atom is 0.246 e. The Bertz CT molecular complexity index is 869. The summed E-state index contributed by atoms with van der Waals surface area (Å²) in [7, 11) is 3.62. The summed E-state index contributed by atoms with van der Waals surface area (Å²) in [6.07, 6.45) is 3.59. The average Bonchev–Trinajstić information content (AvgIpc) is 3.08. The highest BCUT2D eigenvalue weighted by Crippen LogP contribution is 2.25. The highest BCUT2D eigenvalue weighted by atomic mass is 16.2. The Morgan fingerprint density at radius 2 is 2.04 bits per heavy atom. The van der Waals surface area contributed by atoms with Crippen molar-refractivity contribution in [3.8, 4) is 0 Å². The number of guanidine groups is 1. The van der Waals surface area contributed by atoms with Crippen molar-refractivity contribution in [2.75, 3.05) is 38.1 Å². The monoisotopic (exact) mass is 382 g/mol. The predicted molar refractivity (Wildman–Crippen MR) is 113 cm³/mol. The molecule has 2 aromatic rings. The molecule has 0 spiro atoms. The zero-order valence-corrected chi connectivity index (χ0v) is 17.4. The number of piperazine rings is 1. The summed E-state index contributed by atoms with van der Waals surface area (Å²) in [6, 6.07) is 8.46. The number of hydrogen-bond acceptors (Lipinski definition) is 3. The SMILES string of the molecule is CN=C(NCC(C)(C)c1ccccc1C)N1CCN(c2cnn(C)c2)C(=O)C1. The minimum atomic E-state index is -0.0528. The molecule has 1 aliphatic rings. The molecule has 1 amide bonds. The van der Waals surface area contributed by atoms with Gasteiger partial charge in [0.2, 0.25) is 5.91 Å². The molecule has 1 fully saturated rings. The van der Waals surface area contributed by atoms with Crippen LogP contribution < -0.4 is 10.2 Å². The quantitative estimate of drug-likeness (QED) is 0.648. The van der Waals surface area contributed by atoms with Crippen LogP contribution in [0.4, 0.5) is 5.69 Å². The Balaban J connectivity index is 1.63. The molecular formula is C21H30N6O. The second-order valence-corrected chi connectivity index (χ2v) is 7.94. The number of rotatable bonds is 4. The van der Waals surface area contributed by atoms with Crippen LogP contribution in [0.25, 0.3) is 0 Å². The molecule has 7 heteroatoms. The van der Waals surface area contributed by atoms with Gasteiger partial charge < -0.3 is 15.1 Å². The molecule has 1 saturated heterocycles. The molecule has 1 aromatic carbocycles. The minimum Gasteiger partial charge on any atom is -0.355 e. The van der Waals surface area contributed by atoms with E-state index < -0.39 is 0 Å². The first-order valence-corrected chi connectivity index (χ1v) is 9.62. The predicted octanol–water partition coefficient (Wildman–Crippen LogP) is 1.93. The summed E-state index contributed by atoms with van der Waals surface area (Å²) in [4.78, 5) is 20.9. The fraction of sp³-hybridized carbons (Fsp3) is 0.476. The molecule has 1 aliphatic heterocycles. The van der Waals surface area contributed by atoms with Crippen LogP contribution in [0.15, 0.2) is 41.7 Å². The number of aliphatic imine (C=N–C) groups is 1. The number of aromatic nitrogens is 2. The topological polar surface area (TPSA) is 65.8 Å². The summed E-state index contributed by atoms with van der Waals surface area (Å²) in [6.45, 7) is 8.98. The van der Waals surface area contributed by atoms with Gasteiger partial charge >= 0.3 is 0 Å². The number of aryl methyl sites for hydroxylation is 2. The van der Waals surface area contributed by atoms with Crippen molar-refractivity contribution in [3.05, 3.63) is 47.8 Å². The fourth-order valence-electron chi connectivity index (χ4n) is 3.73. The number of hydrogen-bond donors (Lipinski definition) is 1. The molecule has 0 bridgehead atoms. The van der Waals surface area contributed by atoms with Gasteiger partial charge in [0.1, 0.15) is 6.54 Å². The second kappa shape index (κ2) is 8.04. The molecule has 2 heterocycles. The normalized spacial score (nSPS) is 15.9. The lowest BCUT2D eigenvalue weighted by Crippen LogP contribution is -2.56. The van der Waals surface area contributed by atoms with Gasteiger partial charge in [0.25, 0.3) is 0 Å². The van der Waals surface area contributed by atoms with E-state index in [4.69, 9.17) is 0 Å². The Morgan fingerprint density at radius 3 is 2.64 bits per heavy atom. The van der Waals surface area contributed by atoms with Gasteiger partial charge in [-0.2, -0.15) is 5.10 Å². The number of nitrogens with zero attached hydrogens (tertiary/aromatic N) is 5. The third-order valence-corrected chi connectivity index (χ3v) is 5.30. The number of amides is 1. The van der Waals surface area contributed by atoms with Crippen molar-refractivity contribution in [2.24, 2.45) is 12.0 Å². The number of anilines is 1. The van der Waals surface area contributed by atoms with E-state index in [-0.39, 0.29) is 11.3 Å². The Labute approximate surface area is 167 Å². The van der Waals surface area contributed by atoms with Crippen LogP contribution in [0.2, 0.25) is 0 Å². The highest BCUT2D eigenvalue weighted by Gasteiger charge is 2.29. The van der Waals surface area contributed by atoms with Gasteiger partial charge in [-0.1, -0.05) is 38.1 Å². The van der Waals surface area contributed by atoms with E-state index in [1.165, 1.54) is 11.1 Å². The molecule has 0 saturated carbocycles. The molecule has 0 unspecified atom stereocenters. The van der Waals surface area contributed by atoms with Crippen LogP contribution >= 0.6 is 0 Å². The lowest BCUT2D eigenvalue weighted by molar-refractivity contribution is -0.120. The Hall–Kier alpha value is -2.83. The van der Waals surface area contributed by atoms with Crippen LogP contribution in [0.3, 0.4) is 0 Å². The third-order valence-electron chi connectivity index (χ3n) is 5.30. The van der Waals surface area contributed by atoms with Gasteiger partial charge in [-0.15, -0.1) is 0 Å². The second-order valence-electron chi connectivity index (χ2n) is 7.94. The standard InChI is InChI=1S/C21H30N6O/c1-16-8-6-7-9-18(16)21(2,3)15-23-20(22-4)26-10-11-27(19(28)14-26)17-12-24-25(5)13-17/h6-9,12-13H,10-11,14-15H2,1-5H3,(H,22,23). The molecule has 150 valence electrons. The summed E-state index contributed by atoms with van der Waals surface area (Å²) < 4.78 is 1.71. The van der Waals surface area contributed by atoms with E-state index in [1.807, 2.05) is 18.1 Å². The van der Waals surface area contributed by atoms with E-state index >= 15 is 0 Å². The van der Waals surface area contributed by atoms with Gasteiger partial charge in [0.15, 0.2) is 5.96 Å². The minimum absolute atomic E-state index is 0.0528. The number of benzene rings is 1. The summed E-state index contributed by atoms with van der Waals surface area (Å²) in [5.74, 6) is 0.821. The van der Waals surface area contributed by atoms with Crippen molar-refractivity contribution < 1.29 is 4.79 Å². The lowest BCUT2D eigenvalue weighted by Gasteiger charge is -2.36. The summed E-state index contributed by atoms with van der Waals surface area (Å²) >= 11 is 0. The first kappa shape index (κ1) is 19.9. The molecule has 3 rings (SSSR count). The summed E-state index contributed by atoms with van der Waals surface area (Å²) in [5.41, 5.74) is 3.39. The molecule has 0 aliphatic carbocycles. The highest BCUT2D eigenvalue weighted by molar-refractivity contribution is 5.98. The first-order valence-electron chi connectivity index (χ1n) is 9.62. The smallest absolute Gasteiger partial charge is 0.246 e. The van der Waals surface area contributed by atoms with Crippen molar-refractivity contribution in [1.29, 1.82) is 0 Å². The van der Waals surface area contributed by atoms with Gasteiger partial charge in [-0.3, -0.25) is 14.5 Å². The fourth-order valence-corrected chi connectivity index (χ4v) is 3.73. The molecule has 7 nitrogen and oxygen atoms in total. The maximum absolute atomic E-state index is 12.7. The average molecular weight is 383 g/mol. The number of carbonyl (C=O) groups is 1. The third kappa shape index (κ3) is 4.18. The van der Waals surface area contributed by atoms with Gasteiger partial charge in [-0.25, -0.2) is 0 Å². The molecule has 1 N–H and O–H groups in total. The first-order chi connectivity index (χ1) is 13.3. The van der Waals surface area contributed by atoms with Crippen molar-refractivity contribution >= 4 is 17.6 Å². The molecular weight excluding hydrogens is 352 g/mol. The van der Waals surface area contributed by atoms with Crippen LogP contribution in [0, 0.1) is 6.92 Å². The molecule has 0 radical (unpaired) electrons. The van der Waals surface area contributed by atoms with Crippen molar-refractivity contribution in [1.82, 2.24) is 20.0 Å². The zero-order valence-electron chi connectivity index (χ0n) is 17.4.